The monoisotopic (exact) mass is 389 g/mol. The maximum Gasteiger partial charge on any atom is 0.278 e. The predicted molar refractivity (Wildman–Crippen MR) is 112 cm³/mol. The van der Waals surface area contributed by atoms with Crippen LogP contribution in [0.15, 0.2) is 72.9 Å². The zero-order chi connectivity index (χ0) is 21.0. The van der Waals surface area contributed by atoms with Crippen LogP contribution in [0.2, 0.25) is 0 Å². The van der Waals surface area contributed by atoms with Crippen molar-refractivity contribution in [1.29, 1.82) is 0 Å². The third kappa shape index (κ3) is 4.27. The fraction of sp³-hybridized carbons (Fsp3) is 0.174. The Bertz CT molecular complexity index is 978. The van der Waals surface area contributed by atoms with Gasteiger partial charge >= 0.3 is 0 Å². The van der Waals surface area contributed by atoms with E-state index in [-0.39, 0.29) is 24.3 Å². The largest absolute Gasteiger partial charge is 0.365 e. The van der Waals surface area contributed by atoms with Crippen molar-refractivity contribution < 1.29 is 14.4 Å². The number of anilines is 1. The summed E-state index contributed by atoms with van der Waals surface area (Å²) in [7, 11) is 1.80. The second kappa shape index (κ2) is 8.56. The highest BCUT2D eigenvalue weighted by atomic mass is 16.2. The van der Waals surface area contributed by atoms with E-state index < -0.39 is 0 Å². The zero-order valence-corrected chi connectivity index (χ0v) is 16.5. The molecule has 0 aliphatic carbocycles. The summed E-state index contributed by atoms with van der Waals surface area (Å²) < 4.78 is 0. The fourth-order valence-electron chi connectivity index (χ4n) is 3.33. The van der Waals surface area contributed by atoms with Gasteiger partial charge in [0.25, 0.3) is 11.8 Å². The molecule has 1 N–H and O–H groups in total. The maximum absolute atomic E-state index is 13.0. The van der Waals surface area contributed by atoms with Crippen molar-refractivity contribution in [3.05, 3.63) is 84.1 Å². The average molecular weight is 389 g/mol. The Balaban J connectivity index is 2.01. The van der Waals surface area contributed by atoms with Crippen molar-refractivity contribution in [2.24, 2.45) is 0 Å². The molecular weight excluding hydrogens is 366 g/mol. The number of carbonyl (C=O) groups is 3. The number of rotatable bonds is 7. The van der Waals surface area contributed by atoms with Gasteiger partial charge in [0.05, 0.1) is 5.57 Å². The molecule has 6 heteroatoms. The number of nitrogens with zero attached hydrogens (tertiary/aromatic N) is 2. The van der Waals surface area contributed by atoms with Crippen LogP contribution in [0.3, 0.4) is 0 Å². The first kappa shape index (κ1) is 20.1. The summed E-state index contributed by atoms with van der Waals surface area (Å²) in [6, 6.07) is 16.7. The van der Waals surface area contributed by atoms with Crippen LogP contribution < -0.4 is 5.32 Å². The summed E-state index contributed by atoms with van der Waals surface area (Å²) in [5.41, 5.74) is 2.99. The summed E-state index contributed by atoms with van der Waals surface area (Å²) >= 11 is 0. The van der Waals surface area contributed by atoms with Crippen LogP contribution in [-0.4, -0.2) is 41.1 Å². The van der Waals surface area contributed by atoms with Crippen LogP contribution >= 0.6 is 0 Å². The molecule has 0 saturated carbocycles. The molecular formula is C23H23N3O3. The van der Waals surface area contributed by atoms with Gasteiger partial charge in [0.2, 0.25) is 5.91 Å². The van der Waals surface area contributed by atoms with Gasteiger partial charge in [-0.05, 0) is 23.3 Å². The minimum absolute atomic E-state index is 0.147. The summed E-state index contributed by atoms with van der Waals surface area (Å²) in [5, 5.41) is 2.70. The third-order valence-electron chi connectivity index (χ3n) is 4.59. The topological polar surface area (TPSA) is 69.7 Å². The van der Waals surface area contributed by atoms with E-state index in [9.17, 15) is 14.4 Å². The number of benzene rings is 2. The van der Waals surface area contributed by atoms with Crippen LogP contribution in [0.4, 0.5) is 5.69 Å². The lowest BCUT2D eigenvalue weighted by Gasteiger charge is -2.21. The molecule has 29 heavy (non-hydrogen) atoms. The molecule has 3 amide bonds. The fourth-order valence-corrected chi connectivity index (χ4v) is 3.33. The first-order valence-electron chi connectivity index (χ1n) is 9.26. The lowest BCUT2D eigenvalue weighted by atomic mass is 10.0. The summed E-state index contributed by atoms with van der Waals surface area (Å²) in [6.07, 6.45) is 1.54. The standard InChI is InChI=1S/C23H23N3O3/c1-4-14-26-22(28)20(18-10-12-19(13-11-18)24-16(2)27)21(23(26)29)25(3)15-17-8-6-5-7-9-17/h4-13H,1,14-15H2,2-3H3,(H,24,27). The Morgan fingerprint density at radius 1 is 1.07 bits per heavy atom. The number of hydrogen-bond donors (Lipinski definition) is 1. The molecule has 0 atom stereocenters. The minimum Gasteiger partial charge on any atom is -0.365 e. The van der Waals surface area contributed by atoms with E-state index in [0.717, 1.165) is 5.56 Å². The highest BCUT2D eigenvalue weighted by Crippen LogP contribution is 2.32. The predicted octanol–water partition coefficient (Wildman–Crippen LogP) is 3.04. The molecule has 0 aromatic heterocycles. The van der Waals surface area contributed by atoms with Crippen molar-refractivity contribution in [3.63, 3.8) is 0 Å². The van der Waals surface area contributed by atoms with Crippen molar-refractivity contribution in [2.45, 2.75) is 13.5 Å². The van der Waals surface area contributed by atoms with Gasteiger partial charge in [-0.3, -0.25) is 19.3 Å². The highest BCUT2D eigenvalue weighted by molar-refractivity contribution is 6.35. The molecule has 2 aromatic carbocycles. The Morgan fingerprint density at radius 2 is 1.72 bits per heavy atom. The van der Waals surface area contributed by atoms with Crippen LogP contribution in [0.5, 0.6) is 0 Å². The minimum atomic E-state index is -0.350. The third-order valence-corrected chi connectivity index (χ3v) is 4.59. The van der Waals surface area contributed by atoms with Gasteiger partial charge in [-0.2, -0.15) is 0 Å². The zero-order valence-electron chi connectivity index (χ0n) is 16.5. The Morgan fingerprint density at radius 3 is 2.31 bits per heavy atom. The molecule has 1 heterocycles. The Hall–Kier alpha value is -3.67. The molecule has 6 nitrogen and oxygen atoms in total. The summed E-state index contributed by atoms with van der Waals surface area (Å²) in [5.74, 6) is -0.865. The van der Waals surface area contributed by atoms with Crippen molar-refractivity contribution >= 4 is 29.0 Å². The highest BCUT2D eigenvalue weighted by Gasteiger charge is 2.40. The lowest BCUT2D eigenvalue weighted by molar-refractivity contribution is -0.136. The smallest absolute Gasteiger partial charge is 0.278 e. The van der Waals surface area contributed by atoms with Gasteiger partial charge in [-0.25, -0.2) is 0 Å². The van der Waals surface area contributed by atoms with Gasteiger partial charge < -0.3 is 10.2 Å². The van der Waals surface area contributed by atoms with E-state index in [1.165, 1.54) is 17.9 Å². The molecule has 2 aromatic rings. The van der Waals surface area contributed by atoms with E-state index in [4.69, 9.17) is 0 Å². The van der Waals surface area contributed by atoms with Gasteiger partial charge in [0.15, 0.2) is 0 Å². The van der Waals surface area contributed by atoms with Gasteiger partial charge in [0.1, 0.15) is 5.70 Å². The van der Waals surface area contributed by atoms with E-state index in [0.29, 0.717) is 29.1 Å². The second-order valence-electron chi connectivity index (χ2n) is 6.83. The Kier molecular flexibility index (Phi) is 5.93. The molecule has 0 bridgehead atoms. The van der Waals surface area contributed by atoms with E-state index in [1.807, 2.05) is 30.3 Å². The molecule has 1 aliphatic heterocycles. The number of amides is 3. The van der Waals surface area contributed by atoms with Crippen LogP contribution in [-0.2, 0) is 20.9 Å². The van der Waals surface area contributed by atoms with E-state index in [2.05, 4.69) is 11.9 Å². The quantitative estimate of drug-likeness (QED) is 0.584. The van der Waals surface area contributed by atoms with Gasteiger partial charge in [0, 0.05) is 32.7 Å². The van der Waals surface area contributed by atoms with Crippen LogP contribution in [0.1, 0.15) is 18.1 Å². The molecule has 0 fully saturated rings. The molecule has 0 unspecified atom stereocenters. The summed E-state index contributed by atoms with van der Waals surface area (Å²) in [4.78, 5) is 40.3. The normalized spacial score (nSPS) is 13.7. The molecule has 3 rings (SSSR count). The number of imide groups is 1. The molecule has 0 spiro atoms. The lowest BCUT2D eigenvalue weighted by Crippen LogP contribution is -2.34. The average Bonchev–Trinajstić information content (AvgIpc) is 2.94. The van der Waals surface area contributed by atoms with Crippen LogP contribution in [0.25, 0.3) is 5.57 Å². The first-order chi connectivity index (χ1) is 13.9. The van der Waals surface area contributed by atoms with Crippen molar-refractivity contribution in [2.75, 3.05) is 18.9 Å². The van der Waals surface area contributed by atoms with E-state index in [1.54, 1.807) is 36.2 Å². The number of hydrogen-bond acceptors (Lipinski definition) is 4. The van der Waals surface area contributed by atoms with Gasteiger partial charge in [-0.15, -0.1) is 6.58 Å². The SMILES string of the molecule is C=CCN1C(=O)C(c2ccc(NC(C)=O)cc2)=C(N(C)Cc2ccccc2)C1=O. The summed E-state index contributed by atoms with van der Waals surface area (Å²) in [6.45, 7) is 5.72. The first-order valence-corrected chi connectivity index (χ1v) is 9.26. The van der Waals surface area contributed by atoms with Crippen molar-refractivity contribution in [3.8, 4) is 0 Å². The van der Waals surface area contributed by atoms with E-state index >= 15 is 0 Å². The van der Waals surface area contributed by atoms with Crippen molar-refractivity contribution in [1.82, 2.24) is 9.80 Å². The number of likely N-dealkylation sites (N-methyl/N-ethyl adjacent to an activating group) is 1. The number of nitrogens with one attached hydrogen (secondary N) is 1. The van der Waals surface area contributed by atoms with Gasteiger partial charge in [-0.1, -0.05) is 48.5 Å². The maximum atomic E-state index is 13.0. The Labute approximate surface area is 170 Å². The molecule has 0 radical (unpaired) electrons. The number of carbonyl (C=O) groups excluding carboxylic acids is 3. The molecule has 148 valence electrons. The van der Waals surface area contributed by atoms with Crippen LogP contribution in [0, 0.1) is 0 Å². The molecule has 1 aliphatic rings. The molecule has 0 saturated heterocycles. The second-order valence-corrected chi connectivity index (χ2v) is 6.83.